The van der Waals surface area contributed by atoms with Gasteiger partial charge in [-0.15, -0.1) is 0 Å². The Labute approximate surface area is 79.3 Å². The maximum absolute atomic E-state index is 11.2. The number of sulfonamides is 1. The van der Waals surface area contributed by atoms with E-state index in [1.54, 1.807) is 13.8 Å². The monoisotopic (exact) mass is 229 g/mol. The van der Waals surface area contributed by atoms with E-state index in [1.165, 1.54) is 0 Å². The first-order valence-electron chi connectivity index (χ1n) is 3.87. The molecule has 0 aromatic heterocycles. The lowest BCUT2D eigenvalue weighted by atomic mass is 10.6. The Hall–Kier alpha value is -0.140. The van der Waals surface area contributed by atoms with Gasteiger partial charge in [0.2, 0.25) is 10.0 Å². The zero-order valence-corrected chi connectivity index (χ0v) is 9.36. The standard InChI is InChI=1S/C6H15NO4S2/c1-6(2)12(8,9)4-3-5-13(7,10)11/h6H,3-5H2,1-2H3,(H2,7,10,11). The Bertz CT molecular complexity index is 341. The minimum Gasteiger partial charge on any atom is -0.229 e. The van der Waals surface area contributed by atoms with Gasteiger partial charge in [0.1, 0.15) is 0 Å². The second-order valence-electron chi connectivity index (χ2n) is 3.14. The molecular formula is C6H15NO4S2. The molecule has 0 amide bonds. The summed E-state index contributed by atoms with van der Waals surface area (Å²) in [5, 5.41) is 4.25. The van der Waals surface area contributed by atoms with Crippen LogP contribution in [0.2, 0.25) is 0 Å². The number of nitrogens with two attached hydrogens (primary N) is 1. The zero-order valence-electron chi connectivity index (χ0n) is 7.73. The summed E-state index contributed by atoms with van der Waals surface area (Å²) in [6.07, 6.45) is 0.0688. The molecule has 13 heavy (non-hydrogen) atoms. The molecule has 0 aromatic rings. The van der Waals surface area contributed by atoms with Gasteiger partial charge in [-0.05, 0) is 20.3 Å². The van der Waals surface area contributed by atoms with Crippen molar-refractivity contribution in [2.45, 2.75) is 25.5 Å². The van der Waals surface area contributed by atoms with Crippen molar-refractivity contribution in [2.24, 2.45) is 5.14 Å². The topological polar surface area (TPSA) is 94.3 Å². The van der Waals surface area contributed by atoms with Crippen LogP contribution in [-0.4, -0.2) is 33.6 Å². The van der Waals surface area contributed by atoms with E-state index in [0.29, 0.717) is 0 Å². The minimum atomic E-state index is -3.54. The van der Waals surface area contributed by atoms with Crippen LogP contribution in [0.25, 0.3) is 0 Å². The molecule has 2 N–H and O–H groups in total. The van der Waals surface area contributed by atoms with Crippen molar-refractivity contribution in [2.75, 3.05) is 11.5 Å². The van der Waals surface area contributed by atoms with E-state index in [4.69, 9.17) is 5.14 Å². The molecule has 0 saturated heterocycles. The van der Waals surface area contributed by atoms with Crippen molar-refractivity contribution >= 4 is 19.9 Å². The molecule has 0 radical (unpaired) electrons. The average Bonchev–Trinajstić information content (AvgIpc) is 1.82. The van der Waals surface area contributed by atoms with Crippen LogP contribution in [0.5, 0.6) is 0 Å². The predicted octanol–water partition coefficient (Wildman–Crippen LogP) is -0.512. The van der Waals surface area contributed by atoms with Gasteiger partial charge >= 0.3 is 0 Å². The van der Waals surface area contributed by atoms with Gasteiger partial charge in [-0.2, -0.15) is 0 Å². The smallest absolute Gasteiger partial charge is 0.209 e. The fraction of sp³-hybridized carbons (Fsp3) is 1.00. The van der Waals surface area contributed by atoms with Crippen LogP contribution in [-0.2, 0) is 19.9 Å². The van der Waals surface area contributed by atoms with Crippen molar-refractivity contribution in [3.8, 4) is 0 Å². The van der Waals surface area contributed by atoms with E-state index in [2.05, 4.69) is 0 Å². The summed E-state index contributed by atoms with van der Waals surface area (Å²) in [5.74, 6) is -0.403. The van der Waals surface area contributed by atoms with Crippen LogP contribution < -0.4 is 5.14 Å². The van der Waals surface area contributed by atoms with Crippen LogP contribution in [0, 0.1) is 0 Å². The van der Waals surface area contributed by atoms with Crippen molar-refractivity contribution in [3.63, 3.8) is 0 Å². The molecule has 7 heteroatoms. The quantitative estimate of drug-likeness (QED) is 0.687. The van der Waals surface area contributed by atoms with Crippen LogP contribution in [0.3, 0.4) is 0 Å². The molecule has 0 saturated carbocycles. The summed E-state index contributed by atoms with van der Waals surface area (Å²) < 4.78 is 43.3. The normalized spacial score (nSPS) is 13.5. The molecule has 0 aliphatic carbocycles. The maximum atomic E-state index is 11.2. The summed E-state index contributed by atoms with van der Waals surface area (Å²) in [7, 11) is -6.68. The third-order valence-electron chi connectivity index (χ3n) is 1.58. The Morgan fingerprint density at radius 1 is 1.08 bits per heavy atom. The second-order valence-corrected chi connectivity index (χ2v) is 7.55. The molecule has 0 heterocycles. The Morgan fingerprint density at radius 2 is 1.54 bits per heavy atom. The van der Waals surface area contributed by atoms with Gasteiger partial charge in [0.25, 0.3) is 0 Å². The molecule has 0 bridgehead atoms. The number of hydrogen-bond acceptors (Lipinski definition) is 4. The lowest BCUT2D eigenvalue weighted by Crippen LogP contribution is -2.22. The van der Waals surface area contributed by atoms with E-state index in [9.17, 15) is 16.8 Å². The van der Waals surface area contributed by atoms with Gasteiger partial charge in [-0.3, -0.25) is 0 Å². The van der Waals surface area contributed by atoms with Crippen LogP contribution in [0.4, 0.5) is 0 Å². The third-order valence-corrected chi connectivity index (χ3v) is 4.73. The summed E-state index contributed by atoms with van der Waals surface area (Å²) in [6.45, 7) is 3.12. The third kappa shape index (κ3) is 6.00. The number of hydrogen-bond donors (Lipinski definition) is 1. The molecule has 5 nitrogen and oxygen atoms in total. The highest BCUT2D eigenvalue weighted by atomic mass is 32.2. The first-order chi connectivity index (χ1) is 5.65. The lowest BCUT2D eigenvalue weighted by molar-refractivity contribution is 0.584. The molecule has 0 aromatic carbocycles. The van der Waals surface area contributed by atoms with Gasteiger partial charge in [0.05, 0.1) is 16.8 Å². The molecule has 0 atom stereocenters. The van der Waals surface area contributed by atoms with E-state index >= 15 is 0 Å². The van der Waals surface area contributed by atoms with Crippen molar-refractivity contribution in [1.29, 1.82) is 0 Å². The summed E-state index contributed by atoms with van der Waals surface area (Å²) >= 11 is 0. The van der Waals surface area contributed by atoms with Crippen molar-refractivity contribution < 1.29 is 16.8 Å². The molecule has 80 valence electrons. The van der Waals surface area contributed by atoms with Crippen molar-refractivity contribution in [3.05, 3.63) is 0 Å². The zero-order chi connectivity index (χ0) is 10.7. The summed E-state index contributed by atoms with van der Waals surface area (Å²) in [6, 6.07) is 0. The highest BCUT2D eigenvalue weighted by Gasteiger charge is 2.16. The molecule has 0 fully saturated rings. The van der Waals surface area contributed by atoms with Gasteiger partial charge in [0, 0.05) is 0 Å². The number of sulfone groups is 1. The van der Waals surface area contributed by atoms with Gasteiger partial charge in [-0.25, -0.2) is 22.0 Å². The molecule has 0 aliphatic rings. The SMILES string of the molecule is CC(C)S(=O)(=O)CCCS(N)(=O)=O. The summed E-state index contributed by atoms with van der Waals surface area (Å²) in [5.41, 5.74) is 0. The van der Waals surface area contributed by atoms with Crippen LogP contribution >= 0.6 is 0 Å². The number of primary sulfonamides is 1. The van der Waals surface area contributed by atoms with Crippen molar-refractivity contribution in [1.82, 2.24) is 0 Å². The van der Waals surface area contributed by atoms with Gasteiger partial charge in [0.15, 0.2) is 9.84 Å². The van der Waals surface area contributed by atoms with E-state index in [-0.39, 0.29) is 17.9 Å². The average molecular weight is 229 g/mol. The Morgan fingerprint density at radius 3 is 1.85 bits per heavy atom. The van der Waals surface area contributed by atoms with Crippen LogP contribution in [0.15, 0.2) is 0 Å². The lowest BCUT2D eigenvalue weighted by Gasteiger charge is -2.06. The summed E-state index contributed by atoms with van der Waals surface area (Å²) in [4.78, 5) is 0. The fourth-order valence-electron chi connectivity index (χ4n) is 0.697. The molecule has 0 spiro atoms. The Balaban J connectivity index is 4.07. The first kappa shape index (κ1) is 12.9. The second kappa shape index (κ2) is 4.39. The first-order valence-corrected chi connectivity index (χ1v) is 7.30. The highest BCUT2D eigenvalue weighted by molar-refractivity contribution is 7.92. The minimum absolute atomic E-state index is 0.0688. The van der Waals surface area contributed by atoms with Crippen LogP contribution in [0.1, 0.15) is 20.3 Å². The maximum Gasteiger partial charge on any atom is 0.209 e. The predicted molar refractivity (Wildman–Crippen MR) is 51.5 cm³/mol. The molecular weight excluding hydrogens is 214 g/mol. The van der Waals surface area contributed by atoms with Gasteiger partial charge < -0.3 is 0 Å². The van der Waals surface area contributed by atoms with E-state index in [1.807, 2.05) is 0 Å². The van der Waals surface area contributed by atoms with E-state index in [0.717, 1.165) is 0 Å². The number of rotatable bonds is 5. The van der Waals surface area contributed by atoms with E-state index < -0.39 is 25.1 Å². The molecule has 0 rings (SSSR count). The Kier molecular flexibility index (Phi) is 4.34. The largest absolute Gasteiger partial charge is 0.229 e. The fourth-order valence-corrected chi connectivity index (χ4v) is 2.44. The molecule has 0 aliphatic heterocycles. The van der Waals surface area contributed by atoms with Gasteiger partial charge in [-0.1, -0.05) is 0 Å². The molecule has 0 unspecified atom stereocenters. The highest BCUT2D eigenvalue weighted by Crippen LogP contribution is 2.02.